The molecule has 1 heterocycles. The Morgan fingerprint density at radius 3 is 2.28 bits per heavy atom. The van der Waals surface area contributed by atoms with E-state index < -0.39 is 32.5 Å². The predicted octanol–water partition coefficient (Wildman–Crippen LogP) is 2.39. The number of nitrogens with two attached hydrogens (primary N) is 1. The van der Waals surface area contributed by atoms with Gasteiger partial charge in [0, 0.05) is 5.57 Å². The van der Waals surface area contributed by atoms with Crippen molar-refractivity contribution in [3.8, 4) is 0 Å². The molecule has 1 aliphatic heterocycles. The van der Waals surface area contributed by atoms with Crippen LogP contribution in [0, 0.1) is 18.6 Å². The first-order valence-corrected chi connectivity index (χ1v) is 8.72. The number of hydrogen-bond acceptors (Lipinski definition) is 4. The maximum Gasteiger partial charge on any atom is 0.339 e. The highest BCUT2D eigenvalue weighted by Crippen LogP contribution is 2.34. The quantitative estimate of drug-likeness (QED) is 0.846. The average molecular weight is 365 g/mol. The smallest absolute Gasteiger partial charge is 0.339 e. The monoisotopic (exact) mass is 365 g/mol. The van der Waals surface area contributed by atoms with E-state index in [1.54, 1.807) is 13.0 Å². The lowest BCUT2D eigenvalue weighted by Crippen LogP contribution is -2.14. The molecule has 0 saturated carbocycles. The first-order valence-electron chi connectivity index (χ1n) is 7.18. The SMILES string of the molecule is Cc1ccc(C2=C(c3ccc(S(N)(=O)=O)c(F)c3)COC2=O)cc1F. The van der Waals surface area contributed by atoms with Crippen molar-refractivity contribution in [2.45, 2.75) is 11.8 Å². The molecule has 0 unspecified atom stereocenters. The topological polar surface area (TPSA) is 86.5 Å². The number of hydrogen-bond donors (Lipinski definition) is 1. The van der Waals surface area contributed by atoms with Crippen LogP contribution >= 0.6 is 0 Å². The van der Waals surface area contributed by atoms with Crippen molar-refractivity contribution in [3.05, 3.63) is 64.7 Å². The lowest BCUT2D eigenvalue weighted by molar-refractivity contribution is -0.133. The van der Waals surface area contributed by atoms with Gasteiger partial charge >= 0.3 is 5.97 Å². The molecule has 130 valence electrons. The van der Waals surface area contributed by atoms with Crippen LogP contribution in [0.15, 0.2) is 41.3 Å². The minimum absolute atomic E-state index is 0.113. The van der Waals surface area contributed by atoms with Crippen molar-refractivity contribution in [3.63, 3.8) is 0 Å². The molecule has 0 bridgehead atoms. The number of carbonyl (C=O) groups excluding carboxylic acids is 1. The molecule has 2 aromatic rings. The molecule has 0 amide bonds. The van der Waals surface area contributed by atoms with Crippen LogP contribution in [0.25, 0.3) is 11.1 Å². The molecule has 2 aromatic carbocycles. The van der Waals surface area contributed by atoms with E-state index in [0.29, 0.717) is 16.7 Å². The lowest BCUT2D eigenvalue weighted by atomic mass is 9.96. The fourth-order valence-corrected chi connectivity index (χ4v) is 3.18. The van der Waals surface area contributed by atoms with E-state index in [4.69, 9.17) is 9.88 Å². The van der Waals surface area contributed by atoms with Crippen molar-refractivity contribution in [2.24, 2.45) is 5.14 Å². The molecule has 0 aromatic heterocycles. The van der Waals surface area contributed by atoms with Crippen LogP contribution in [0.5, 0.6) is 0 Å². The highest BCUT2D eigenvalue weighted by molar-refractivity contribution is 7.89. The summed E-state index contributed by atoms with van der Waals surface area (Å²) in [6.45, 7) is 1.46. The number of ether oxygens (including phenoxy) is 1. The van der Waals surface area contributed by atoms with Crippen LogP contribution in [0.4, 0.5) is 8.78 Å². The van der Waals surface area contributed by atoms with Gasteiger partial charge in [0.05, 0.1) is 5.57 Å². The minimum Gasteiger partial charge on any atom is -0.457 e. The number of rotatable bonds is 3. The Morgan fingerprint density at radius 2 is 1.68 bits per heavy atom. The first-order chi connectivity index (χ1) is 11.7. The van der Waals surface area contributed by atoms with Crippen LogP contribution in [-0.2, 0) is 19.6 Å². The van der Waals surface area contributed by atoms with Crippen molar-refractivity contribution in [1.82, 2.24) is 0 Å². The lowest BCUT2D eigenvalue weighted by Gasteiger charge is -2.07. The zero-order chi connectivity index (χ0) is 18.4. The number of primary sulfonamides is 1. The van der Waals surface area contributed by atoms with Gasteiger partial charge in [0.15, 0.2) is 0 Å². The Labute approximate surface area is 142 Å². The summed E-state index contributed by atoms with van der Waals surface area (Å²) in [5, 5.41) is 4.93. The van der Waals surface area contributed by atoms with E-state index in [9.17, 15) is 22.0 Å². The van der Waals surface area contributed by atoms with Crippen LogP contribution in [0.1, 0.15) is 16.7 Å². The molecular formula is C17H13F2NO4S. The number of carbonyl (C=O) groups is 1. The van der Waals surface area contributed by atoms with Gasteiger partial charge in [-0.1, -0.05) is 18.2 Å². The summed E-state index contributed by atoms with van der Waals surface area (Å²) in [6.07, 6.45) is 0. The maximum atomic E-state index is 14.1. The molecule has 1 aliphatic rings. The number of esters is 1. The van der Waals surface area contributed by atoms with Gasteiger partial charge < -0.3 is 4.74 Å². The summed E-state index contributed by atoms with van der Waals surface area (Å²) in [5.41, 5.74) is 1.43. The highest BCUT2D eigenvalue weighted by Gasteiger charge is 2.28. The third-order valence-corrected chi connectivity index (χ3v) is 4.85. The summed E-state index contributed by atoms with van der Waals surface area (Å²) in [4.78, 5) is 11.4. The second kappa shape index (κ2) is 6.05. The van der Waals surface area contributed by atoms with Gasteiger partial charge in [0.1, 0.15) is 23.1 Å². The molecule has 5 nitrogen and oxygen atoms in total. The fraction of sp³-hybridized carbons (Fsp3) is 0.118. The van der Waals surface area contributed by atoms with Crippen molar-refractivity contribution < 1.29 is 26.7 Å². The van der Waals surface area contributed by atoms with Crippen LogP contribution in [0.3, 0.4) is 0 Å². The number of sulfonamides is 1. The first kappa shape index (κ1) is 17.2. The molecule has 0 atom stereocenters. The molecule has 0 radical (unpaired) electrons. The van der Waals surface area contributed by atoms with Crippen molar-refractivity contribution >= 4 is 27.1 Å². The van der Waals surface area contributed by atoms with E-state index in [1.165, 1.54) is 18.2 Å². The summed E-state index contributed by atoms with van der Waals surface area (Å²) in [6, 6.07) is 7.59. The Hall–Kier alpha value is -2.58. The second-order valence-corrected chi connectivity index (χ2v) is 7.11. The van der Waals surface area contributed by atoms with E-state index in [1.807, 2.05) is 0 Å². The largest absolute Gasteiger partial charge is 0.457 e. The normalized spacial score (nSPS) is 14.8. The Morgan fingerprint density at radius 1 is 1.04 bits per heavy atom. The van der Waals surface area contributed by atoms with Gasteiger partial charge in [-0.25, -0.2) is 27.1 Å². The standard InChI is InChI=1S/C17H13F2NO4S/c1-9-2-3-11(7-13(9)18)16-12(8-24-17(16)21)10-4-5-15(14(19)6-10)25(20,22)23/h2-7H,8H2,1H3,(H2,20,22,23). The molecule has 2 N–H and O–H groups in total. The van der Waals surface area contributed by atoms with E-state index in [2.05, 4.69) is 0 Å². The molecule has 0 spiro atoms. The maximum absolute atomic E-state index is 14.1. The molecule has 8 heteroatoms. The summed E-state index contributed by atoms with van der Waals surface area (Å²) < 4.78 is 55.5. The van der Waals surface area contributed by atoms with Crippen LogP contribution in [-0.4, -0.2) is 21.0 Å². The van der Waals surface area contributed by atoms with Gasteiger partial charge in [-0.05, 0) is 41.8 Å². The van der Waals surface area contributed by atoms with Gasteiger partial charge in [0.25, 0.3) is 0 Å². The van der Waals surface area contributed by atoms with Crippen LogP contribution in [0.2, 0.25) is 0 Å². The Balaban J connectivity index is 2.16. The zero-order valence-electron chi connectivity index (χ0n) is 13.0. The molecule has 0 aliphatic carbocycles. The minimum atomic E-state index is -4.20. The third-order valence-electron chi connectivity index (χ3n) is 3.90. The molecular weight excluding hydrogens is 352 g/mol. The van der Waals surface area contributed by atoms with E-state index >= 15 is 0 Å². The molecule has 0 fully saturated rings. The van der Waals surface area contributed by atoms with Gasteiger partial charge in [-0.2, -0.15) is 0 Å². The predicted molar refractivity (Wildman–Crippen MR) is 86.7 cm³/mol. The second-order valence-electron chi connectivity index (χ2n) is 5.58. The van der Waals surface area contributed by atoms with E-state index in [0.717, 1.165) is 12.1 Å². The third kappa shape index (κ3) is 3.18. The van der Waals surface area contributed by atoms with Crippen molar-refractivity contribution in [2.75, 3.05) is 6.61 Å². The van der Waals surface area contributed by atoms with Gasteiger partial charge in [-0.15, -0.1) is 0 Å². The molecule has 0 saturated heterocycles. The summed E-state index contributed by atoms with van der Waals surface area (Å²) in [5.74, 6) is -2.18. The van der Waals surface area contributed by atoms with Crippen molar-refractivity contribution in [1.29, 1.82) is 0 Å². The van der Waals surface area contributed by atoms with Crippen LogP contribution < -0.4 is 5.14 Å². The van der Waals surface area contributed by atoms with E-state index in [-0.39, 0.29) is 17.7 Å². The summed E-state index contributed by atoms with van der Waals surface area (Å²) >= 11 is 0. The summed E-state index contributed by atoms with van der Waals surface area (Å²) in [7, 11) is -4.20. The fourth-order valence-electron chi connectivity index (χ4n) is 2.59. The number of cyclic esters (lactones) is 1. The highest BCUT2D eigenvalue weighted by atomic mass is 32.2. The number of aryl methyl sites for hydroxylation is 1. The van der Waals surface area contributed by atoms with Gasteiger partial charge in [0.2, 0.25) is 10.0 Å². The molecule has 3 rings (SSSR count). The Bertz CT molecular complexity index is 1030. The Kier molecular flexibility index (Phi) is 4.18. The molecule has 25 heavy (non-hydrogen) atoms. The average Bonchev–Trinajstić information content (AvgIpc) is 2.90. The number of benzene rings is 2. The van der Waals surface area contributed by atoms with Gasteiger partial charge in [-0.3, -0.25) is 0 Å². The zero-order valence-corrected chi connectivity index (χ0v) is 13.9. The number of halogens is 2.